The fourth-order valence-corrected chi connectivity index (χ4v) is 4.02. The van der Waals surface area contributed by atoms with E-state index in [0.717, 1.165) is 24.5 Å². The van der Waals surface area contributed by atoms with Crippen molar-refractivity contribution < 1.29 is 12.8 Å². The molecular weight excluding hydrogens is 276 g/mol. The van der Waals surface area contributed by atoms with Gasteiger partial charge in [-0.1, -0.05) is 6.92 Å². The van der Waals surface area contributed by atoms with Crippen molar-refractivity contribution in [1.82, 2.24) is 4.90 Å². The first-order chi connectivity index (χ1) is 9.43. The minimum atomic E-state index is -2.91. The van der Waals surface area contributed by atoms with E-state index in [1.807, 2.05) is 26.0 Å². The molecule has 1 fully saturated rings. The van der Waals surface area contributed by atoms with Gasteiger partial charge in [-0.3, -0.25) is 4.90 Å². The lowest BCUT2D eigenvalue weighted by molar-refractivity contribution is 0.158. The summed E-state index contributed by atoms with van der Waals surface area (Å²) in [7, 11) is -2.91. The van der Waals surface area contributed by atoms with E-state index in [1.165, 1.54) is 0 Å². The Morgan fingerprint density at radius 1 is 1.35 bits per heavy atom. The summed E-state index contributed by atoms with van der Waals surface area (Å²) in [5, 5.41) is 0. The van der Waals surface area contributed by atoms with Crippen molar-refractivity contribution in [1.29, 1.82) is 0 Å². The van der Waals surface area contributed by atoms with Gasteiger partial charge in [-0.25, -0.2) is 8.42 Å². The summed E-state index contributed by atoms with van der Waals surface area (Å²) in [5.74, 6) is 2.18. The third-order valence-electron chi connectivity index (χ3n) is 3.91. The highest BCUT2D eigenvalue weighted by Gasteiger charge is 2.31. The van der Waals surface area contributed by atoms with E-state index >= 15 is 0 Å². The standard InChI is InChI=1S/C14H24N2O3S/c1-3-12(15)14(13-6-5-11(2)19-13)16-7-4-9-20(17,18)10-8-16/h5-6,12,14H,3-4,7-10,15H2,1-2H3. The van der Waals surface area contributed by atoms with Crippen LogP contribution in [0, 0.1) is 6.92 Å². The first-order valence-corrected chi connectivity index (χ1v) is 9.01. The lowest BCUT2D eigenvalue weighted by Gasteiger charge is -2.32. The maximum atomic E-state index is 11.7. The Kier molecular flexibility index (Phi) is 4.88. The Morgan fingerprint density at radius 3 is 2.70 bits per heavy atom. The Labute approximate surface area is 121 Å². The predicted molar refractivity (Wildman–Crippen MR) is 79.3 cm³/mol. The Bertz CT molecular complexity index is 538. The normalized spacial score (nSPS) is 23.1. The van der Waals surface area contributed by atoms with Crippen LogP contribution in [0.5, 0.6) is 0 Å². The van der Waals surface area contributed by atoms with E-state index in [-0.39, 0.29) is 23.6 Å². The van der Waals surface area contributed by atoms with Gasteiger partial charge < -0.3 is 10.2 Å². The molecule has 1 saturated heterocycles. The highest BCUT2D eigenvalue weighted by molar-refractivity contribution is 7.91. The van der Waals surface area contributed by atoms with Gasteiger partial charge in [0.25, 0.3) is 0 Å². The van der Waals surface area contributed by atoms with Crippen LogP contribution >= 0.6 is 0 Å². The molecule has 1 aliphatic rings. The van der Waals surface area contributed by atoms with Gasteiger partial charge in [0, 0.05) is 12.6 Å². The second-order valence-electron chi connectivity index (χ2n) is 5.51. The molecule has 0 spiro atoms. The van der Waals surface area contributed by atoms with Crippen molar-refractivity contribution in [3.63, 3.8) is 0 Å². The number of rotatable bonds is 4. The number of sulfone groups is 1. The van der Waals surface area contributed by atoms with Gasteiger partial charge in [0.2, 0.25) is 0 Å². The predicted octanol–water partition coefficient (Wildman–Crippen LogP) is 1.49. The number of aryl methyl sites for hydroxylation is 1. The number of hydrogen-bond donors (Lipinski definition) is 1. The number of nitrogens with zero attached hydrogens (tertiary/aromatic N) is 1. The third kappa shape index (κ3) is 3.62. The van der Waals surface area contributed by atoms with E-state index in [9.17, 15) is 8.42 Å². The molecule has 20 heavy (non-hydrogen) atoms. The maximum Gasteiger partial charge on any atom is 0.151 e. The lowest BCUT2D eigenvalue weighted by Crippen LogP contribution is -2.42. The second kappa shape index (κ2) is 6.28. The summed E-state index contributed by atoms with van der Waals surface area (Å²) >= 11 is 0. The average molecular weight is 300 g/mol. The molecule has 0 bridgehead atoms. The van der Waals surface area contributed by atoms with E-state index in [0.29, 0.717) is 13.0 Å². The van der Waals surface area contributed by atoms with Crippen LogP contribution in [0.2, 0.25) is 0 Å². The SMILES string of the molecule is CCC(N)C(c1ccc(C)o1)N1CCCS(=O)(=O)CC1. The molecule has 5 nitrogen and oxygen atoms in total. The highest BCUT2D eigenvalue weighted by atomic mass is 32.2. The largest absolute Gasteiger partial charge is 0.465 e. The lowest BCUT2D eigenvalue weighted by atomic mass is 10.0. The van der Waals surface area contributed by atoms with Crippen molar-refractivity contribution in [3.05, 3.63) is 23.7 Å². The number of furan rings is 1. The first kappa shape index (κ1) is 15.5. The third-order valence-corrected chi connectivity index (χ3v) is 5.63. The van der Waals surface area contributed by atoms with Crippen molar-refractivity contribution >= 4 is 9.84 Å². The van der Waals surface area contributed by atoms with Crippen LogP contribution in [-0.2, 0) is 9.84 Å². The topological polar surface area (TPSA) is 76.5 Å². The minimum absolute atomic E-state index is 0.0398. The van der Waals surface area contributed by atoms with Gasteiger partial charge in [0.1, 0.15) is 11.5 Å². The molecule has 1 aliphatic heterocycles. The number of hydrogen-bond acceptors (Lipinski definition) is 5. The molecule has 0 radical (unpaired) electrons. The van der Waals surface area contributed by atoms with Crippen LogP contribution in [0.4, 0.5) is 0 Å². The monoisotopic (exact) mass is 300 g/mol. The molecular formula is C14H24N2O3S. The molecule has 0 amide bonds. The summed E-state index contributed by atoms with van der Waals surface area (Å²) < 4.78 is 29.2. The van der Waals surface area contributed by atoms with Gasteiger partial charge in [0.15, 0.2) is 9.84 Å². The fraction of sp³-hybridized carbons (Fsp3) is 0.714. The molecule has 2 N–H and O–H groups in total. The van der Waals surface area contributed by atoms with Crippen LogP contribution in [0.1, 0.15) is 37.3 Å². The van der Waals surface area contributed by atoms with Crippen LogP contribution < -0.4 is 5.73 Å². The summed E-state index contributed by atoms with van der Waals surface area (Å²) in [6.45, 7) is 5.23. The molecule has 2 atom stereocenters. The molecule has 2 unspecified atom stereocenters. The van der Waals surface area contributed by atoms with Gasteiger partial charge in [-0.15, -0.1) is 0 Å². The van der Waals surface area contributed by atoms with Crippen LogP contribution in [0.25, 0.3) is 0 Å². The average Bonchev–Trinajstić information content (AvgIpc) is 2.73. The molecule has 1 aromatic rings. The van der Waals surface area contributed by atoms with E-state index in [1.54, 1.807) is 0 Å². The summed E-state index contributed by atoms with van der Waals surface area (Å²) in [5.41, 5.74) is 6.26. The van der Waals surface area contributed by atoms with Crippen LogP contribution in [-0.4, -0.2) is 44.0 Å². The van der Waals surface area contributed by atoms with Crippen molar-refractivity contribution in [2.45, 2.75) is 38.8 Å². The molecule has 1 aromatic heterocycles. The zero-order chi connectivity index (χ0) is 14.8. The Balaban J connectivity index is 2.23. The van der Waals surface area contributed by atoms with Gasteiger partial charge in [-0.05, 0) is 38.4 Å². The maximum absolute atomic E-state index is 11.7. The van der Waals surface area contributed by atoms with Crippen molar-refractivity contribution in [3.8, 4) is 0 Å². The zero-order valence-corrected chi connectivity index (χ0v) is 13.0. The molecule has 0 aromatic carbocycles. The smallest absolute Gasteiger partial charge is 0.151 e. The number of nitrogens with two attached hydrogens (primary N) is 1. The second-order valence-corrected chi connectivity index (χ2v) is 7.81. The van der Waals surface area contributed by atoms with Crippen molar-refractivity contribution in [2.24, 2.45) is 5.73 Å². The molecule has 0 saturated carbocycles. The molecule has 6 heteroatoms. The zero-order valence-electron chi connectivity index (χ0n) is 12.2. The van der Waals surface area contributed by atoms with E-state index < -0.39 is 9.84 Å². The van der Waals surface area contributed by atoms with Crippen LogP contribution in [0.15, 0.2) is 16.5 Å². The molecule has 2 rings (SSSR count). The Hall–Kier alpha value is -0.850. The van der Waals surface area contributed by atoms with E-state index in [4.69, 9.17) is 10.2 Å². The minimum Gasteiger partial charge on any atom is -0.465 e. The molecule has 2 heterocycles. The van der Waals surface area contributed by atoms with Gasteiger partial charge in [-0.2, -0.15) is 0 Å². The fourth-order valence-electron chi connectivity index (χ4n) is 2.73. The van der Waals surface area contributed by atoms with Crippen molar-refractivity contribution in [2.75, 3.05) is 24.6 Å². The van der Waals surface area contributed by atoms with Gasteiger partial charge in [0.05, 0.1) is 17.5 Å². The highest BCUT2D eigenvalue weighted by Crippen LogP contribution is 2.28. The molecule has 114 valence electrons. The van der Waals surface area contributed by atoms with E-state index in [2.05, 4.69) is 4.90 Å². The van der Waals surface area contributed by atoms with Crippen LogP contribution in [0.3, 0.4) is 0 Å². The quantitative estimate of drug-likeness (QED) is 0.911. The summed E-state index contributed by atoms with van der Waals surface area (Å²) in [6.07, 6.45) is 1.49. The summed E-state index contributed by atoms with van der Waals surface area (Å²) in [4.78, 5) is 2.16. The summed E-state index contributed by atoms with van der Waals surface area (Å²) in [6, 6.07) is 3.79. The van der Waals surface area contributed by atoms with Gasteiger partial charge >= 0.3 is 0 Å². The molecule has 0 aliphatic carbocycles. The first-order valence-electron chi connectivity index (χ1n) is 7.19. The Morgan fingerprint density at radius 2 is 2.10 bits per heavy atom.